The van der Waals surface area contributed by atoms with Gasteiger partial charge in [-0.15, -0.1) is 0 Å². The number of aryl methyl sites for hydroxylation is 1. The molecule has 0 aliphatic carbocycles. The van der Waals surface area contributed by atoms with Gasteiger partial charge in [-0.25, -0.2) is 4.98 Å². The van der Waals surface area contributed by atoms with Gasteiger partial charge in [-0.3, -0.25) is 0 Å². The molecule has 2 N–H and O–H groups in total. The van der Waals surface area contributed by atoms with E-state index in [-0.39, 0.29) is 5.54 Å². The van der Waals surface area contributed by atoms with Crippen LogP contribution in [0.2, 0.25) is 0 Å². The van der Waals surface area contributed by atoms with Crippen molar-refractivity contribution in [1.29, 1.82) is 0 Å². The lowest BCUT2D eigenvalue weighted by Crippen LogP contribution is -2.28. The van der Waals surface area contributed by atoms with Gasteiger partial charge < -0.3 is 10.3 Å². The summed E-state index contributed by atoms with van der Waals surface area (Å²) < 4.78 is 2.12. The van der Waals surface area contributed by atoms with Gasteiger partial charge in [-0.05, 0) is 31.5 Å². The highest BCUT2D eigenvalue weighted by Gasteiger charge is 2.16. The summed E-state index contributed by atoms with van der Waals surface area (Å²) >= 11 is 0. The zero-order chi connectivity index (χ0) is 14.3. The topological polar surface area (TPSA) is 43.8 Å². The molecule has 3 aromatic rings. The monoisotopic (exact) mass is 265 g/mol. The van der Waals surface area contributed by atoms with Crippen LogP contribution in [-0.2, 0) is 12.6 Å². The first kappa shape index (κ1) is 12.9. The van der Waals surface area contributed by atoms with Crippen LogP contribution in [0.4, 0.5) is 0 Å². The van der Waals surface area contributed by atoms with Crippen molar-refractivity contribution in [1.82, 2.24) is 9.55 Å². The van der Waals surface area contributed by atoms with Crippen LogP contribution in [-0.4, -0.2) is 9.55 Å². The third-order valence-corrected chi connectivity index (χ3v) is 3.66. The molecule has 3 nitrogen and oxygen atoms in total. The molecule has 0 bridgehead atoms. The fourth-order valence-electron chi connectivity index (χ4n) is 2.44. The molecule has 0 radical (unpaired) electrons. The quantitative estimate of drug-likeness (QED) is 0.771. The molecule has 0 atom stereocenters. The van der Waals surface area contributed by atoms with Crippen LogP contribution in [0.1, 0.15) is 19.4 Å². The Balaban J connectivity index is 2.21. The summed E-state index contributed by atoms with van der Waals surface area (Å²) in [6.45, 7) is 4.03. The Morgan fingerprint density at radius 1 is 1.05 bits per heavy atom. The molecular weight excluding hydrogens is 246 g/mol. The largest absolute Gasteiger partial charge is 0.327 e. The third kappa shape index (κ3) is 2.10. The normalized spacial score (nSPS) is 12.0. The van der Waals surface area contributed by atoms with Crippen LogP contribution >= 0.6 is 0 Å². The van der Waals surface area contributed by atoms with Crippen LogP contribution in [0, 0.1) is 0 Å². The van der Waals surface area contributed by atoms with Crippen LogP contribution < -0.4 is 5.73 Å². The number of imidazole rings is 1. The summed E-state index contributed by atoms with van der Waals surface area (Å²) in [7, 11) is 2.05. The molecule has 0 amide bonds. The van der Waals surface area contributed by atoms with Crippen LogP contribution in [0.3, 0.4) is 0 Å². The van der Waals surface area contributed by atoms with Gasteiger partial charge in [0.1, 0.15) is 5.82 Å². The highest BCUT2D eigenvalue weighted by Crippen LogP contribution is 2.26. The van der Waals surface area contributed by atoms with Gasteiger partial charge >= 0.3 is 0 Å². The number of hydrogen-bond donors (Lipinski definition) is 1. The summed E-state index contributed by atoms with van der Waals surface area (Å²) in [6.07, 6.45) is 0. The molecule has 0 aliphatic rings. The molecule has 0 fully saturated rings. The summed E-state index contributed by atoms with van der Waals surface area (Å²) in [5.41, 5.74) is 10.2. The van der Waals surface area contributed by atoms with Gasteiger partial charge in [0, 0.05) is 18.2 Å². The molecule has 0 saturated heterocycles. The first-order chi connectivity index (χ1) is 9.47. The predicted octanol–water partition coefficient (Wildman–Crippen LogP) is 3.43. The van der Waals surface area contributed by atoms with Crippen LogP contribution in [0.5, 0.6) is 0 Å². The average Bonchev–Trinajstić information content (AvgIpc) is 2.76. The van der Waals surface area contributed by atoms with E-state index in [1.165, 1.54) is 0 Å². The van der Waals surface area contributed by atoms with Gasteiger partial charge in [0.2, 0.25) is 0 Å². The minimum Gasteiger partial charge on any atom is -0.327 e. The zero-order valence-electron chi connectivity index (χ0n) is 12.1. The second-order valence-corrected chi connectivity index (χ2v) is 5.79. The van der Waals surface area contributed by atoms with Crippen molar-refractivity contribution in [2.24, 2.45) is 12.8 Å². The molecule has 20 heavy (non-hydrogen) atoms. The Labute approximate surface area is 119 Å². The van der Waals surface area contributed by atoms with Crippen molar-refractivity contribution >= 4 is 11.0 Å². The van der Waals surface area contributed by atoms with E-state index in [0.717, 1.165) is 28.0 Å². The minimum absolute atomic E-state index is 0.342. The van der Waals surface area contributed by atoms with E-state index >= 15 is 0 Å². The van der Waals surface area contributed by atoms with Crippen molar-refractivity contribution in [3.63, 3.8) is 0 Å². The first-order valence-electron chi connectivity index (χ1n) is 6.78. The third-order valence-electron chi connectivity index (χ3n) is 3.66. The SMILES string of the molecule is Cn1c(-c2ccccc2)nc2ccc(C(C)(C)N)cc21. The molecule has 0 saturated carbocycles. The molecule has 0 aliphatic heterocycles. The average molecular weight is 265 g/mol. The van der Waals surface area contributed by atoms with E-state index in [9.17, 15) is 0 Å². The van der Waals surface area contributed by atoms with E-state index < -0.39 is 0 Å². The highest BCUT2D eigenvalue weighted by atomic mass is 15.1. The van der Waals surface area contributed by atoms with Crippen molar-refractivity contribution in [3.8, 4) is 11.4 Å². The smallest absolute Gasteiger partial charge is 0.140 e. The molecule has 2 aromatic carbocycles. The van der Waals surface area contributed by atoms with E-state index in [2.05, 4.69) is 28.8 Å². The first-order valence-corrected chi connectivity index (χ1v) is 6.78. The highest BCUT2D eigenvalue weighted by molar-refractivity contribution is 5.81. The van der Waals surface area contributed by atoms with Crippen molar-refractivity contribution in [2.45, 2.75) is 19.4 Å². The number of nitrogens with two attached hydrogens (primary N) is 1. The molecule has 3 rings (SSSR count). The Bertz CT molecular complexity index is 749. The van der Waals surface area contributed by atoms with Gasteiger partial charge in [0.05, 0.1) is 11.0 Å². The maximum Gasteiger partial charge on any atom is 0.140 e. The summed E-state index contributed by atoms with van der Waals surface area (Å²) in [6, 6.07) is 16.5. The lowest BCUT2D eigenvalue weighted by atomic mass is 9.95. The van der Waals surface area contributed by atoms with Gasteiger partial charge in [-0.2, -0.15) is 0 Å². The van der Waals surface area contributed by atoms with Crippen LogP contribution in [0.25, 0.3) is 22.4 Å². The number of nitrogens with zero attached hydrogens (tertiary/aromatic N) is 2. The number of fused-ring (bicyclic) bond motifs is 1. The maximum absolute atomic E-state index is 6.19. The Kier molecular flexibility index (Phi) is 2.87. The molecule has 1 aromatic heterocycles. The van der Waals surface area contributed by atoms with E-state index in [1.807, 2.05) is 45.2 Å². The van der Waals surface area contributed by atoms with E-state index in [4.69, 9.17) is 10.7 Å². The number of aromatic nitrogens is 2. The lowest BCUT2D eigenvalue weighted by Gasteiger charge is -2.19. The van der Waals surface area contributed by atoms with Gasteiger partial charge in [0.15, 0.2) is 0 Å². The summed E-state index contributed by atoms with van der Waals surface area (Å²) in [5, 5.41) is 0. The molecular formula is C17H19N3. The van der Waals surface area contributed by atoms with E-state index in [0.29, 0.717) is 0 Å². The lowest BCUT2D eigenvalue weighted by molar-refractivity contribution is 0.555. The van der Waals surface area contributed by atoms with Crippen molar-refractivity contribution in [2.75, 3.05) is 0 Å². The summed E-state index contributed by atoms with van der Waals surface area (Å²) in [5.74, 6) is 0.979. The van der Waals surface area contributed by atoms with Gasteiger partial charge in [0.25, 0.3) is 0 Å². The fraction of sp³-hybridized carbons (Fsp3) is 0.235. The number of hydrogen-bond acceptors (Lipinski definition) is 2. The van der Waals surface area contributed by atoms with Gasteiger partial charge in [-0.1, -0.05) is 36.4 Å². The zero-order valence-corrected chi connectivity index (χ0v) is 12.1. The minimum atomic E-state index is -0.342. The second-order valence-electron chi connectivity index (χ2n) is 5.79. The number of rotatable bonds is 2. The summed E-state index contributed by atoms with van der Waals surface area (Å²) in [4.78, 5) is 4.73. The Hall–Kier alpha value is -2.13. The number of benzene rings is 2. The molecule has 0 spiro atoms. The Morgan fingerprint density at radius 2 is 1.75 bits per heavy atom. The van der Waals surface area contributed by atoms with Crippen molar-refractivity contribution in [3.05, 3.63) is 54.1 Å². The Morgan fingerprint density at radius 3 is 2.40 bits per heavy atom. The molecule has 3 heteroatoms. The fourth-order valence-corrected chi connectivity index (χ4v) is 2.44. The standard InChI is InChI=1S/C17H19N3/c1-17(2,18)13-9-10-14-15(11-13)20(3)16(19-14)12-7-5-4-6-8-12/h4-11H,18H2,1-3H3. The maximum atomic E-state index is 6.19. The predicted molar refractivity (Wildman–Crippen MR) is 83.4 cm³/mol. The van der Waals surface area contributed by atoms with Crippen LogP contribution in [0.15, 0.2) is 48.5 Å². The second kappa shape index (κ2) is 4.46. The molecule has 1 heterocycles. The molecule has 102 valence electrons. The molecule has 0 unspecified atom stereocenters. The van der Waals surface area contributed by atoms with E-state index in [1.54, 1.807) is 0 Å². The van der Waals surface area contributed by atoms with Crippen molar-refractivity contribution < 1.29 is 0 Å².